The molecule has 24 heavy (non-hydrogen) atoms. The number of aryl methyl sites for hydroxylation is 2. The Morgan fingerprint density at radius 2 is 2.04 bits per heavy atom. The van der Waals surface area contributed by atoms with Gasteiger partial charge in [-0.25, -0.2) is 14.6 Å². The van der Waals surface area contributed by atoms with Crippen LogP contribution in [-0.2, 0) is 13.0 Å². The Labute approximate surface area is 139 Å². The summed E-state index contributed by atoms with van der Waals surface area (Å²) in [4.78, 5) is 25.5. The molecule has 0 aromatic carbocycles. The molecule has 0 unspecified atom stereocenters. The van der Waals surface area contributed by atoms with Crippen molar-refractivity contribution in [3.63, 3.8) is 0 Å². The fourth-order valence-electron chi connectivity index (χ4n) is 3.47. The van der Waals surface area contributed by atoms with E-state index in [9.17, 15) is 4.79 Å². The average Bonchev–Trinajstić information content (AvgIpc) is 3.23. The van der Waals surface area contributed by atoms with Crippen molar-refractivity contribution < 1.29 is 4.79 Å². The largest absolute Gasteiger partial charge is 0.383 e. The Morgan fingerprint density at radius 1 is 1.21 bits per heavy atom. The van der Waals surface area contributed by atoms with Gasteiger partial charge in [-0.05, 0) is 25.7 Å². The van der Waals surface area contributed by atoms with Crippen LogP contribution in [0.3, 0.4) is 0 Å². The number of carbonyl (C=O) groups is 1. The third-order valence-electron chi connectivity index (χ3n) is 4.80. The summed E-state index contributed by atoms with van der Waals surface area (Å²) in [5.74, 6) is 2.19. The molecule has 2 aromatic heterocycles. The molecule has 1 aliphatic carbocycles. The number of amides is 1. The molecule has 3 heterocycles. The topological polar surface area (TPSA) is 112 Å². The van der Waals surface area contributed by atoms with Gasteiger partial charge in [0.1, 0.15) is 23.0 Å². The number of carbonyl (C=O) groups excluding carboxylic acids is 1. The van der Waals surface area contributed by atoms with Gasteiger partial charge in [-0.15, -0.1) is 5.10 Å². The highest BCUT2D eigenvalue weighted by Gasteiger charge is 2.22. The molecule has 126 valence electrons. The third-order valence-corrected chi connectivity index (χ3v) is 4.80. The second-order valence-corrected chi connectivity index (χ2v) is 6.49. The highest BCUT2D eigenvalue weighted by atomic mass is 16.1. The average molecular weight is 327 g/mol. The van der Waals surface area contributed by atoms with Crippen LogP contribution in [-0.4, -0.2) is 30.6 Å². The molecule has 1 amide bonds. The first-order valence-electron chi connectivity index (χ1n) is 8.58. The number of hydrogen-bond donors (Lipinski definition) is 2. The van der Waals surface area contributed by atoms with Crippen LogP contribution in [0, 0.1) is 0 Å². The van der Waals surface area contributed by atoms with Crippen LogP contribution in [0.4, 0.5) is 11.8 Å². The van der Waals surface area contributed by atoms with Crippen LogP contribution < -0.4 is 11.1 Å². The van der Waals surface area contributed by atoms with Gasteiger partial charge in [-0.1, -0.05) is 12.8 Å². The second kappa shape index (κ2) is 6.18. The first-order chi connectivity index (χ1) is 11.7. The van der Waals surface area contributed by atoms with Crippen molar-refractivity contribution in [2.45, 2.75) is 57.4 Å². The predicted octanol–water partition coefficient (Wildman–Crippen LogP) is 1.90. The molecule has 3 N–H and O–H groups in total. The smallest absolute Gasteiger partial charge is 0.263 e. The van der Waals surface area contributed by atoms with Gasteiger partial charge in [0.25, 0.3) is 5.91 Å². The Morgan fingerprint density at radius 3 is 2.79 bits per heavy atom. The molecule has 0 spiro atoms. The van der Waals surface area contributed by atoms with Gasteiger partial charge >= 0.3 is 0 Å². The number of hydrogen-bond acceptors (Lipinski definition) is 6. The predicted molar refractivity (Wildman–Crippen MR) is 88.6 cm³/mol. The van der Waals surface area contributed by atoms with E-state index < -0.39 is 0 Å². The zero-order chi connectivity index (χ0) is 16.5. The number of fused-ring (bicyclic) bond motifs is 1. The minimum Gasteiger partial charge on any atom is -0.383 e. The van der Waals surface area contributed by atoms with Gasteiger partial charge in [0, 0.05) is 25.1 Å². The normalized spacial score (nSPS) is 17.7. The number of anilines is 2. The summed E-state index contributed by atoms with van der Waals surface area (Å²) < 4.78 is 1.85. The number of nitrogen functional groups attached to an aromatic ring is 1. The molecular weight excluding hydrogens is 306 g/mol. The lowest BCUT2D eigenvalue weighted by atomic mass is 10.1. The molecule has 0 atom stereocenters. The quantitative estimate of drug-likeness (QED) is 0.890. The molecule has 1 saturated carbocycles. The fourth-order valence-corrected chi connectivity index (χ4v) is 3.47. The molecule has 0 bridgehead atoms. The van der Waals surface area contributed by atoms with Crippen LogP contribution >= 0.6 is 0 Å². The Kier molecular flexibility index (Phi) is 3.87. The van der Waals surface area contributed by atoms with Crippen molar-refractivity contribution in [2.24, 2.45) is 0 Å². The van der Waals surface area contributed by atoms with Gasteiger partial charge in [0.05, 0.1) is 0 Å². The molecule has 0 radical (unpaired) electrons. The van der Waals surface area contributed by atoms with Gasteiger partial charge in [-0.2, -0.15) is 4.98 Å². The van der Waals surface area contributed by atoms with E-state index in [0.29, 0.717) is 11.9 Å². The Balaban J connectivity index is 1.50. The fraction of sp³-hybridized carbons (Fsp3) is 0.562. The molecule has 8 nitrogen and oxygen atoms in total. The van der Waals surface area contributed by atoms with Crippen molar-refractivity contribution in [1.29, 1.82) is 0 Å². The molecule has 1 aliphatic heterocycles. The lowest BCUT2D eigenvalue weighted by Gasteiger charge is -2.10. The van der Waals surface area contributed by atoms with E-state index in [4.69, 9.17) is 5.73 Å². The van der Waals surface area contributed by atoms with Crippen LogP contribution in [0.15, 0.2) is 6.20 Å². The SMILES string of the molecule is Nc1nc(C2CCCC2)ncc1C(=O)Nc1nc2n(n1)CCCC2. The van der Waals surface area contributed by atoms with E-state index in [1.807, 2.05) is 4.68 Å². The summed E-state index contributed by atoms with van der Waals surface area (Å²) in [5, 5.41) is 7.02. The summed E-state index contributed by atoms with van der Waals surface area (Å²) in [5.41, 5.74) is 6.25. The zero-order valence-electron chi connectivity index (χ0n) is 13.5. The number of nitrogens with two attached hydrogens (primary N) is 1. The Hall–Kier alpha value is -2.51. The standard InChI is InChI=1S/C16H21N7O/c17-13-11(9-18-14(20-13)10-5-1-2-6-10)15(24)21-16-19-12-7-3-4-8-23(12)22-16/h9-10H,1-8H2,(H2,17,18,20)(H,21,22,24). The summed E-state index contributed by atoms with van der Waals surface area (Å²) in [7, 11) is 0. The number of aromatic nitrogens is 5. The van der Waals surface area contributed by atoms with E-state index in [1.165, 1.54) is 19.0 Å². The minimum absolute atomic E-state index is 0.216. The summed E-state index contributed by atoms with van der Waals surface area (Å²) in [6.07, 6.45) is 9.19. The maximum absolute atomic E-state index is 12.4. The van der Waals surface area contributed by atoms with Crippen molar-refractivity contribution in [1.82, 2.24) is 24.7 Å². The number of nitrogens with one attached hydrogen (secondary N) is 1. The van der Waals surface area contributed by atoms with E-state index in [0.717, 1.165) is 50.3 Å². The van der Waals surface area contributed by atoms with Gasteiger partial charge in [-0.3, -0.25) is 10.1 Å². The van der Waals surface area contributed by atoms with E-state index in [1.54, 1.807) is 0 Å². The first-order valence-corrected chi connectivity index (χ1v) is 8.58. The van der Waals surface area contributed by atoms with Crippen LogP contribution in [0.2, 0.25) is 0 Å². The minimum atomic E-state index is -0.367. The van der Waals surface area contributed by atoms with Crippen molar-refractivity contribution in [3.8, 4) is 0 Å². The van der Waals surface area contributed by atoms with Crippen LogP contribution in [0.5, 0.6) is 0 Å². The summed E-state index contributed by atoms with van der Waals surface area (Å²) in [6, 6.07) is 0. The summed E-state index contributed by atoms with van der Waals surface area (Å²) in [6.45, 7) is 0.847. The second-order valence-electron chi connectivity index (χ2n) is 6.49. The molecule has 0 saturated heterocycles. The number of rotatable bonds is 3. The monoisotopic (exact) mass is 327 g/mol. The van der Waals surface area contributed by atoms with Gasteiger partial charge in [0.15, 0.2) is 0 Å². The zero-order valence-corrected chi connectivity index (χ0v) is 13.5. The van der Waals surface area contributed by atoms with Crippen molar-refractivity contribution in [2.75, 3.05) is 11.1 Å². The highest BCUT2D eigenvalue weighted by molar-refractivity contribution is 6.06. The number of nitrogens with zero attached hydrogens (tertiary/aromatic N) is 5. The van der Waals surface area contributed by atoms with E-state index >= 15 is 0 Å². The lowest BCUT2D eigenvalue weighted by molar-refractivity contribution is 0.102. The third kappa shape index (κ3) is 2.83. The summed E-state index contributed by atoms with van der Waals surface area (Å²) >= 11 is 0. The van der Waals surface area contributed by atoms with Gasteiger partial charge < -0.3 is 5.73 Å². The maximum Gasteiger partial charge on any atom is 0.263 e. The molecule has 2 aliphatic rings. The molecule has 8 heteroatoms. The molecule has 1 fully saturated rings. The molecular formula is C16H21N7O. The lowest BCUT2D eigenvalue weighted by Crippen LogP contribution is -2.17. The Bertz CT molecular complexity index is 740. The van der Waals surface area contributed by atoms with Crippen LogP contribution in [0.25, 0.3) is 0 Å². The van der Waals surface area contributed by atoms with Crippen molar-refractivity contribution in [3.05, 3.63) is 23.4 Å². The van der Waals surface area contributed by atoms with E-state index in [2.05, 4.69) is 25.4 Å². The first kappa shape index (κ1) is 15.0. The van der Waals surface area contributed by atoms with Crippen LogP contribution in [0.1, 0.15) is 66.4 Å². The van der Waals surface area contributed by atoms with Gasteiger partial charge in [0.2, 0.25) is 5.95 Å². The maximum atomic E-state index is 12.4. The molecule has 2 aromatic rings. The van der Waals surface area contributed by atoms with E-state index in [-0.39, 0.29) is 17.3 Å². The van der Waals surface area contributed by atoms with Crippen molar-refractivity contribution >= 4 is 17.7 Å². The molecule has 4 rings (SSSR count). The highest BCUT2D eigenvalue weighted by Crippen LogP contribution is 2.32.